The lowest BCUT2D eigenvalue weighted by atomic mass is 9.82. The molecule has 4 rings (SSSR count). The Kier molecular flexibility index (Phi) is 6.27. The zero-order valence-electron chi connectivity index (χ0n) is 18.0. The van der Waals surface area contributed by atoms with E-state index in [1.807, 2.05) is 0 Å². The van der Waals surface area contributed by atoms with Gasteiger partial charge in [-0.1, -0.05) is 54.6 Å². The van der Waals surface area contributed by atoms with Crippen LogP contribution in [0.5, 0.6) is 0 Å². The minimum atomic E-state index is -1.26. The molecule has 2 amide bonds. The van der Waals surface area contributed by atoms with Gasteiger partial charge in [0, 0.05) is 16.7 Å². The number of carbonyl (C=O) groups is 5. The highest BCUT2D eigenvalue weighted by atomic mass is 16.6. The standard InChI is InChI=1S/C25H16N2O8/c28-19(12-14-6-2-1-3-7-14)26-20(29)13-35-25(32)18-11-10-17-21(22(18)27(33)34)24(31)16-9-5-4-8-15(16)23(17)30/h1-11H,12-13H2,(H,26,28,29). The predicted molar refractivity (Wildman–Crippen MR) is 120 cm³/mol. The van der Waals surface area contributed by atoms with Gasteiger partial charge in [0.2, 0.25) is 11.7 Å². The molecule has 0 spiro atoms. The van der Waals surface area contributed by atoms with Crippen LogP contribution < -0.4 is 5.32 Å². The van der Waals surface area contributed by atoms with Crippen molar-refractivity contribution >= 4 is 35.0 Å². The van der Waals surface area contributed by atoms with E-state index < -0.39 is 57.7 Å². The first-order chi connectivity index (χ1) is 16.8. The summed E-state index contributed by atoms with van der Waals surface area (Å²) in [7, 11) is 0. The van der Waals surface area contributed by atoms with Crippen LogP contribution in [0.3, 0.4) is 0 Å². The lowest BCUT2D eigenvalue weighted by Gasteiger charge is -2.18. The van der Waals surface area contributed by atoms with E-state index in [0.29, 0.717) is 5.56 Å². The molecule has 174 valence electrons. The quantitative estimate of drug-likeness (QED) is 0.255. The Morgan fingerprint density at radius 2 is 1.43 bits per heavy atom. The summed E-state index contributed by atoms with van der Waals surface area (Å²) in [5, 5.41) is 13.9. The molecular weight excluding hydrogens is 456 g/mol. The van der Waals surface area contributed by atoms with Gasteiger partial charge < -0.3 is 4.74 Å². The lowest BCUT2D eigenvalue weighted by molar-refractivity contribution is -0.385. The number of nitrogens with zero attached hydrogens (tertiary/aromatic N) is 1. The number of fused-ring (bicyclic) bond motifs is 2. The van der Waals surface area contributed by atoms with Crippen LogP contribution >= 0.6 is 0 Å². The zero-order chi connectivity index (χ0) is 25.1. The van der Waals surface area contributed by atoms with Gasteiger partial charge >= 0.3 is 5.97 Å². The van der Waals surface area contributed by atoms with E-state index in [2.05, 4.69) is 5.32 Å². The molecule has 3 aromatic carbocycles. The molecule has 1 aliphatic carbocycles. The number of amides is 2. The smallest absolute Gasteiger partial charge is 0.345 e. The summed E-state index contributed by atoms with van der Waals surface area (Å²) in [5.74, 6) is -4.18. The van der Waals surface area contributed by atoms with E-state index in [1.165, 1.54) is 18.2 Å². The molecule has 0 heterocycles. The maximum atomic E-state index is 13.0. The van der Waals surface area contributed by atoms with Crippen LogP contribution in [0.25, 0.3) is 0 Å². The van der Waals surface area contributed by atoms with Gasteiger partial charge in [0.05, 0.1) is 11.3 Å². The maximum absolute atomic E-state index is 13.0. The van der Waals surface area contributed by atoms with E-state index in [1.54, 1.807) is 36.4 Å². The van der Waals surface area contributed by atoms with E-state index in [9.17, 15) is 34.1 Å². The second-order valence-electron chi connectivity index (χ2n) is 7.56. The molecule has 0 radical (unpaired) electrons. The highest BCUT2D eigenvalue weighted by molar-refractivity contribution is 6.30. The van der Waals surface area contributed by atoms with Crippen molar-refractivity contribution in [3.63, 3.8) is 0 Å². The number of ketones is 2. The number of rotatable bonds is 6. The van der Waals surface area contributed by atoms with E-state index in [0.717, 1.165) is 12.1 Å². The molecule has 0 aliphatic heterocycles. The number of carbonyl (C=O) groups excluding carboxylic acids is 5. The minimum absolute atomic E-state index is 0.0186. The third-order valence-corrected chi connectivity index (χ3v) is 5.29. The first-order valence-corrected chi connectivity index (χ1v) is 10.3. The second kappa shape index (κ2) is 9.48. The number of imide groups is 1. The number of hydrogen-bond donors (Lipinski definition) is 1. The van der Waals surface area contributed by atoms with Crippen LogP contribution in [-0.2, 0) is 20.7 Å². The van der Waals surface area contributed by atoms with Crippen molar-refractivity contribution in [1.29, 1.82) is 0 Å². The van der Waals surface area contributed by atoms with Crippen LogP contribution in [0.15, 0.2) is 66.7 Å². The molecule has 0 unspecified atom stereocenters. The lowest BCUT2D eigenvalue weighted by Crippen LogP contribution is -2.35. The van der Waals surface area contributed by atoms with Crippen molar-refractivity contribution in [2.24, 2.45) is 0 Å². The monoisotopic (exact) mass is 472 g/mol. The number of benzene rings is 3. The molecular formula is C25H16N2O8. The first-order valence-electron chi connectivity index (χ1n) is 10.3. The molecule has 0 fully saturated rings. The third-order valence-electron chi connectivity index (χ3n) is 5.29. The highest BCUT2D eigenvalue weighted by Crippen LogP contribution is 2.35. The van der Waals surface area contributed by atoms with Crippen molar-refractivity contribution in [1.82, 2.24) is 5.32 Å². The van der Waals surface area contributed by atoms with E-state index in [-0.39, 0.29) is 23.1 Å². The molecule has 1 N–H and O–H groups in total. The SMILES string of the molecule is O=C(COC(=O)c1ccc2c(c1[N+](=O)[O-])C(=O)c1ccccc1C2=O)NC(=O)Cc1ccccc1. The number of hydrogen-bond acceptors (Lipinski definition) is 8. The number of nitro benzene ring substituents is 1. The zero-order valence-corrected chi connectivity index (χ0v) is 18.0. The summed E-state index contributed by atoms with van der Waals surface area (Å²) in [6.07, 6.45) is -0.0750. The summed E-state index contributed by atoms with van der Waals surface area (Å²) >= 11 is 0. The fourth-order valence-electron chi connectivity index (χ4n) is 3.75. The Hall–Kier alpha value is -4.99. The topological polar surface area (TPSA) is 150 Å². The molecule has 35 heavy (non-hydrogen) atoms. The molecule has 0 saturated carbocycles. The van der Waals surface area contributed by atoms with Gasteiger partial charge in [-0.25, -0.2) is 4.79 Å². The molecule has 1 aliphatic rings. The molecule has 10 heteroatoms. The van der Waals surface area contributed by atoms with Crippen molar-refractivity contribution in [3.05, 3.63) is 110 Å². The third kappa shape index (κ3) is 4.58. The van der Waals surface area contributed by atoms with Crippen LogP contribution in [0.4, 0.5) is 5.69 Å². The fourth-order valence-corrected chi connectivity index (χ4v) is 3.75. The molecule has 3 aromatic rings. The summed E-state index contributed by atoms with van der Waals surface area (Å²) in [6, 6.07) is 16.6. The Balaban J connectivity index is 1.52. The van der Waals surface area contributed by atoms with E-state index >= 15 is 0 Å². The predicted octanol–water partition coefficient (Wildman–Crippen LogP) is 2.41. The van der Waals surface area contributed by atoms with Gasteiger partial charge in [-0.3, -0.25) is 34.6 Å². The largest absolute Gasteiger partial charge is 0.452 e. The van der Waals surface area contributed by atoms with Gasteiger partial charge in [-0.15, -0.1) is 0 Å². The highest BCUT2D eigenvalue weighted by Gasteiger charge is 2.39. The molecule has 10 nitrogen and oxygen atoms in total. The molecule has 0 aromatic heterocycles. The van der Waals surface area contributed by atoms with Crippen molar-refractivity contribution in [2.45, 2.75) is 6.42 Å². The summed E-state index contributed by atoms with van der Waals surface area (Å²) in [4.78, 5) is 73.2. The summed E-state index contributed by atoms with van der Waals surface area (Å²) < 4.78 is 4.85. The summed E-state index contributed by atoms with van der Waals surface area (Å²) in [6.45, 7) is -0.886. The van der Waals surface area contributed by atoms with Crippen LogP contribution in [0.1, 0.15) is 47.8 Å². The maximum Gasteiger partial charge on any atom is 0.345 e. The number of esters is 1. The van der Waals surface area contributed by atoms with E-state index in [4.69, 9.17) is 4.74 Å². The van der Waals surface area contributed by atoms with Crippen LogP contribution in [-0.4, -0.2) is 40.9 Å². The molecule has 0 bridgehead atoms. The van der Waals surface area contributed by atoms with Gasteiger partial charge in [0.1, 0.15) is 11.1 Å². The number of nitrogens with one attached hydrogen (secondary N) is 1. The normalized spacial score (nSPS) is 11.8. The van der Waals surface area contributed by atoms with Crippen molar-refractivity contribution in [2.75, 3.05) is 6.61 Å². The average molecular weight is 472 g/mol. The first kappa shape index (κ1) is 23.2. The Labute approximate surface area is 197 Å². The van der Waals surface area contributed by atoms with Gasteiger partial charge in [-0.2, -0.15) is 0 Å². The number of ether oxygens (including phenoxy) is 1. The Morgan fingerprint density at radius 3 is 2.09 bits per heavy atom. The molecule has 0 saturated heterocycles. The van der Waals surface area contributed by atoms with Gasteiger partial charge in [0.15, 0.2) is 12.4 Å². The minimum Gasteiger partial charge on any atom is -0.452 e. The fraction of sp³-hybridized carbons (Fsp3) is 0.0800. The average Bonchev–Trinajstić information content (AvgIpc) is 2.85. The Morgan fingerprint density at radius 1 is 0.800 bits per heavy atom. The molecule has 0 atom stereocenters. The van der Waals surface area contributed by atoms with Gasteiger partial charge in [0.25, 0.3) is 11.6 Å². The van der Waals surface area contributed by atoms with Crippen molar-refractivity contribution < 1.29 is 33.6 Å². The second-order valence-corrected chi connectivity index (χ2v) is 7.56. The number of nitro groups is 1. The van der Waals surface area contributed by atoms with Gasteiger partial charge in [-0.05, 0) is 17.7 Å². The van der Waals surface area contributed by atoms with Crippen molar-refractivity contribution in [3.8, 4) is 0 Å². The van der Waals surface area contributed by atoms with Crippen LogP contribution in [0.2, 0.25) is 0 Å². The van der Waals surface area contributed by atoms with Crippen LogP contribution in [0, 0.1) is 10.1 Å². The summed E-state index contributed by atoms with van der Waals surface area (Å²) in [5.41, 5.74) is -1.46. The Bertz CT molecular complexity index is 1410.